The predicted octanol–water partition coefficient (Wildman–Crippen LogP) is 2.90. The first-order valence-corrected chi connectivity index (χ1v) is 10.6. The first kappa shape index (κ1) is 18.4. The van der Waals surface area contributed by atoms with Gasteiger partial charge < -0.3 is 14.2 Å². The number of furan rings is 1. The van der Waals surface area contributed by atoms with Crippen molar-refractivity contribution < 1.29 is 9.21 Å². The molecule has 2 aliphatic rings. The second-order valence-corrected chi connectivity index (χ2v) is 8.17. The van der Waals surface area contributed by atoms with E-state index in [9.17, 15) is 4.79 Å². The number of fused-ring (bicyclic) bond motifs is 3. The van der Waals surface area contributed by atoms with Gasteiger partial charge in [0.15, 0.2) is 11.4 Å². The molecule has 0 saturated carbocycles. The number of aromatic nitrogens is 2. The van der Waals surface area contributed by atoms with Gasteiger partial charge in [-0.2, -0.15) is 0 Å². The topological polar surface area (TPSA) is 65.7 Å². The molecule has 7 nitrogen and oxygen atoms in total. The lowest BCUT2D eigenvalue weighted by molar-refractivity contribution is -0.135. The third kappa shape index (κ3) is 3.44. The third-order valence-corrected chi connectivity index (χ3v) is 6.29. The van der Waals surface area contributed by atoms with E-state index in [1.807, 2.05) is 24.3 Å². The number of anilines is 1. The molecule has 0 N–H and O–H groups in total. The van der Waals surface area contributed by atoms with Crippen molar-refractivity contribution in [2.75, 3.05) is 44.2 Å². The largest absolute Gasteiger partial charge is 0.450 e. The van der Waals surface area contributed by atoms with Crippen molar-refractivity contribution in [3.8, 4) is 0 Å². The number of carbonyl (C=O) groups excluding carboxylic acids is 1. The average molecular weight is 393 g/mol. The van der Waals surface area contributed by atoms with Crippen LogP contribution in [0, 0.1) is 0 Å². The molecule has 1 unspecified atom stereocenters. The van der Waals surface area contributed by atoms with Crippen LogP contribution in [0.1, 0.15) is 26.2 Å². The van der Waals surface area contributed by atoms with E-state index in [-0.39, 0.29) is 5.91 Å². The van der Waals surface area contributed by atoms with Crippen molar-refractivity contribution in [2.45, 2.75) is 32.2 Å². The highest BCUT2D eigenvalue weighted by atomic mass is 16.3. The van der Waals surface area contributed by atoms with E-state index < -0.39 is 0 Å². The molecule has 2 fully saturated rings. The summed E-state index contributed by atoms with van der Waals surface area (Å²) in [7, 11) is 0. The average Bonchev–Trinajstić information content (AvgIpc) is 3.13. The number of para-hydroxylation sites is 1. The van der Waals surface area contributed by atoms with Crippen molar-refractivity contribution in [3.05, 3.63) is 30.6 Å². The fourth-order valence-corrected chi connectivity index (χ4v) is 4.61. The lowest BCUT2D eigenvalue weighted by Gasteiger charge is -2.38. The lowest BCUT2D eigenvalue weighted by atomic mass is 10.0. The zero-order chi connectivity index (χ0) is 19.8. The third-order valence-electron chi connectivity index (χ3n) is 6.29. The molecule has 1 atom stereocenters. The maximum Gasteiger partial charge on any atom is 0.236 e. The summed E-state index contributed by atoms with van der Waals surface area (Å²) in [5.74, 6) is 1.12. The fourth-order valence-electron chi connectivity index (χ4n) is 4.61. The number of amides is 1. The maximum absolute atomic E-state index is 12.7. The summed E-state index contributed by atoms with van der Waals surface area (Å²) in [4.78, 5) is 28.3. The van der Waals surface area contributed by atoms with Gasteiger partial charge in [0.05, 0.1) is 6.54 Å². The summed E-state index contributed by atoms with van der Waals surface area (Å²) in [6, 6.07) is 8.34. The maximum atomic E-state index is 12.7. The van der Waals surface area contributed by atoms with E-state index in [0.29, 0.717) is 12.6 Å². The summed E-state index contributed by atoms with van der Waals surface area (Å²) in [6.07, 6.45) is 5.11. The summed E-state index contributed by atoms with van der Waals surface area (Å²) in [5, 5.41) is 1.02. The Morgan fingerprint density at radius 2 is 1.93 bits per heavy atom. The highest BCUT2D eigenvalue weighted by Gasteiger charge is 2.27. The van der Waals surface area contributed by atoms with Gasteiger partial charge in [-0.05, 0) is 38.3 Å². The number of piperazine rings is 1. The van der Waals surface area contributed by atoms with Gasteiger partial charge in [-0.15, -0.1) is 0 Å². The Morgan fingerprint density at radius 1 is 1.10 bits per heavy atom. The van der Waals surface area contributed by atoms with E-state index >= 15 is 0 Å². The Bertz CT molecular complexity index is 1020. The smallest absolute Gasteiger partial charge is 0.236 e. The minimum Gasteiger partial charge on any atom is -0.450 e. The molecule has 2 aliphatic heterocycles. The number of benzene rings is 1. The van der Waals surface area contributed by atoms with Gasteiger partial charge in [0.1, 0.15) is 17.4 Å². The van der Waals surface area contributed by atoms with Crippen LogP contribution in [0.15, 0.2) is 35.0 Å². The molecule has 0 spiro atoms. The van der Waals surface area contributed by atoms with Crippen LogP contribution >= 0.6 is 0 Å². The minimum atomic E-state index is 0.271. The quantitative estimate of drug-likeness (QED) is 0.682. The Kier molecular flexibility index (Phi) is 4.83. The molecule has 1 amide bonds. The van der Waals surface area contributed by atoms with Crippen LogP contribution in [0.2, 0.25) is 0 Å². The van der Waals surface area contributed by atoms with Crippen LogP contribution in [0.5, 0.6) is 0 Å². The number of rotatable bonds is 3. The number of likely N-dealkylation sites (tertiary alicyclic amines) is 1. The molecule has 0 radical (unpaired) electrons. The normalized spacial score (nSPS) is 21.2. The number of piperidine rings is 1. The molecular formula is C22H27N5O2. The van der Waals surface area contributed by atoms with Gasteiger partial charge >= 0.3 is 0 Å². The first-order valence-electron chi connectivity index (χ1n) is 10.6. The Balaban J connectivity index is 1.28. The SMILES string of the molecule is CC1CCCCN1C(=O)CN1CCN(c2ncnc3c2oc2ccccc23)CC1. The Labute approximate surface area is 170 Å². The van der Waals surface area contributed by atoms with Gasteiger partial charge in [0, 0.05) is 44.2 Å². The van der Waals surface area contributed by atoms with Crippen molar-refractivity contribution in [2.24, 2.45) is 0 Å². The van der Waals surface area contributed by atoms with Crippen LogP contribution in [0.25, 0.3) is 22.1 Å². The monoisotopic (exact) mass is 393 g/mol. The van der Waals surface area contributed by atoms with E-state index in [1.54, 1.807) is 6.33 Å². The molecule has 7 heteroatoms. The molecule has 29 heavy (non-hydrogen) atoms. The van der Waals surface area contributed by atoms with Crippen LogP contribution < -0.4 is 4.90 Å². The van der Waals surface area contributed by atoms with E-state index in [1.165, 1.54) is 6.42 Å². The van der Waals surface area contributed by atoms with Gasteiger partial charge in [0.25, 0.3) is 0 Å². The van der Waals surface area contributed by atoms with Gasteiger partial charge in [0.2, 0.25) is 5.91 Å². The zero-order valence-corrected chi connectivity index (χ0v) is 16.9. The Hall–Kier alpha value is -2.67. The molecule has 2 saturated heterocycles. The first-order chi connectivity index (χ1) is 14.2. The molecule has 5 rings (SSSR count). The highest BCUT2D eigenvalue weighted by molar-refractivity contribution is 6.05. The summed E-state index contributed by atoms with van der Waals surface area (Å²) >= 11 is 0. The standard InChI is InChI=1S/C22H27N5O2/c1-16-6-4-5-9-27(16)19(28)14-25-10-12-26(13-11-25)22-21-20(23-15-24-22)17-7-2-3-8-18(17)29-21/h2-3,7-8,15-16H,4-6,9-14H2,1H3. The molecule has 3 aromatic rings. The van der Waals surface area contributed by atoms with Crippen molar-refractivity contribution in [1.82, 2.24) is 19.8 Å². The predicted molar refractivity (Wildman–Crippen MR) is 113 cm³/mol. The second-order valence-electron chi connectivity index (χ2n) is 8.17. The van der Waals surface area contributed by atoms with Crippen LogP contribution in [0.4, 0.5) is 5.82 Å². The van der Waals surface area contributed by atoms with Crippen molar-refractivity contribution in [3.63, 3.8) is 0 Å². The molecule has 2 aromatic heterocycles. The fraction of sp³-hybridized carbons (Fsp3) is 0.500. The summed E-state index contributed by atoms with van der Waals surface area (Å²) in [6.45, 7) is 6.94. The summed E-state index contributed by atoms with van der Waals surface area (Å²) in [5.41, 5.74) is 2.45. The van der Waals surface area contributed by atoms with Gasteiger partial charge in [-0.1, -0.05) is 12.1 Å². The minimum absolute atomic E-state index is 0.271. The van der Waals surface area contributed by atoms with Gasteiger partial charge in [-0.3, -0.25) is 9.69 Å². The summed E-state index contributed by atoms with van der Waals surface area (Å²) < 4.78 is 6.08. The van der Waals surface area contributed by atoms with E-state index in [0.717, 1.165) is 73.5 Å². The Morgan fingerprint density at radius 3 is 2.76 bits per heavy atom. The molecule has 4 heterocycles. The van der Waals surface area contributed by atoms with Crippen molar-refractivity contribution in [1.29, 1.82) is 0 Å². The number of hydrogen-bond acceptors (Lipinski definition) is 6. The van der Waals surface area contributed by atoms with Crippen LogP contribution in [-0.2, 0) is 4.79 Å². The highest BCUT2D eigenvalue weighted by Crippen LogP contribution is 2.32. The lowest BCUT2D eigenvalue weighted by Crippen LogP contribution is -2.52. The number of nitrogens with zero attached hydrogens (tertiary/aromatic N) is 5. The number of carbonyl (C=O) groups is 1. The van der Waals surface area contributed by atoms with Gasteiger partial charge in [-0.25, -0.2) is 9.97 Å². The van der Waals surface area contributed by atoms with Crippen LogP contribution in [0.3, 0.4) is 0 Å². The molecular weight excluding hydrogens is 366 g/mol. The van der Waals surface area contributed by atoms with Crippen LogP contribution in [-0.4, -0.2) is 71.0 Å². The zero-order valence-electron chi connectivity index (χ0n) is 16.9. The second kappa shape index (κ2) is 7.63. The molecule has 152 valence electrons. The number of hydrogen-bond donors (Lipinski definition) is 0. The van der Waals surface area contributed by atoms with Crippen molar-refractivity contribution >= 4 is 33.8 Å². The molecule has 0 aliphatic carbocycles. The van der Waals surface area contributed by atoms with E-state index in [2.05, 4.69) is 31.6 Å². The molecule has 1 aromatic carbocycles. The van der Waals surface area contributed by atoms with E-state index in [4.69, 9.17) is 4.42 Å². The molecule has 0 bridgehead atoms.